The van der Waals surface area contributed by atoms with Gasteiger partial charge in [0.2, 0.25) is 0 Å². The smallest absolute Gasteiger partial charge is 0.333 e. The molecule has 0 radical (unpaired) electrons. The monoisotopic (exact) mass is 306 g/mol. The van der Waals surface area contributed by atoms with E-state index in [0.717, 1.165) is 6.08 Å². The standard InChI is InChI=1S/C8H8.C6H10O3.C3H4O2/c1-2-8-6-4-3-5-7-8;1-5(2)6(8)9-4-3-7;1-2-3(4)5/h2-7H,1H2;7H,1,3-4H2,2H3;2H,1H2,(H,4,5). The van der Waals surface area contributed by atoms with Crippen LogP contribution < -0.4 is 0 Å². The number of carbonyl (C=O) groups is 2. The van der Waals surface area contributed by atoms with Gasteiger partial charge in [0.25, 0.3) is 0 Å². The maximum absolute atomic E-state index is 10.5. The van der Waals surface area contributed by atoms with E-state index >= 15 is 0 Å². The Morgan fingerprint density at radius 1 is 1.23 bits per heavy atom. The lowest BCUT2D eigenvalue weighted by Gasteiger charge is -1.99. The molecular weight excluding hydrogens is 284 g/mol. The summed E-state index contributed by atoms with van der Waals surface area (Å²) in [7, 11) is 0. The Labute approximate surface area is 130 Å². The van der Waals surface area contributed by atoms with Gasteiger partial charge in [0.05, 0.1) is 6.61 Å². The first kappa shape index (κ1) is 21.6. The molecule has 0 aromatic heterocycles. The normalized spacial score (nSPS) is 8.09. The molecular formula is C17H22O5. The fourth-order valence-electron chi connectivity index (χ4n) is 0.851. The number of carboxylic acid groups (broad SMARTS) is 1. The van der Waals surface area contributed by atoms with Crippen molar-refractivity contribution in [2.45, 2.75) is 6.92 Å². The summed E-state index contributed by atoms with van der Waals surface area (Å²) in [5.74, 6) is -1.44. The Morgan fingerprint density at radius 3 is 2.00 bits per heavy atom. The SMILES string of the molecule is C=C(C)C(=O)OCCO.C=CC(=O)O.C=Cc1ccccc1. The van der Waals surface area contributed by atoms with E-state index in [4.69, 9.17) is 10.2 Å². The summed E-state index contributed by atoms with van der Waals surface area (Å²) in [5.41, 5.74) is 1.52. The summed E-state index contributed by atoms with van der Waals surface area (Å²) in [4.78, 5) is 19.7. The number of carboxylic acids is 1. The van der Waals surface area contributed by atoms with Gasteiger partial charge < -0.3 is 14.9 Å². The van der Waals surface area contributed by atoms with E-state index in [-0.39, 0.29) is 13.2 Å². The summed E-state index contributed by atoms with van der Waals surface area (Å²) < 4.78 is 4.46. The average molecular weight is 306 g/mol. The van der Waals surface area contributed by atoms with Crippen LogP contribution in [0.1, 0.15) is 12.5 Å². The zero-order valence-corrected chi connectivity index (χ0v) is 12.7. The minimum atomic E-state index is -0.981. The van der Waals surface area contributed by atoms with Crippen molar-refractivity contribution in [1.82, 2.24) is 0 Å². The first-order valence-electron chi connectivity index (χ1n) is 6.35. The van der Waals surface area contributed by atoms with E-state index in [1.807, 2.05) is 36.4 Å². The highest BCUT2D eigenvalue weighted by Crippen LogP contribution is 1.97. The van der Waals surface area contributed by atoms with Crippen LogP contribution in [-0.4, -0.2) is 35.4 Å². The van der Waals surface area contributed by atoms with Crippen molar-refractivity contribution in [1.29, 1.82) is 0 Å². The van der Waals surface area contributed by atoms with Crippen molar-refractivity contribution in [2.24, 2.45) is 0 Å². The van der Waals surface area contributed by atoms with E-state index in [2.05, 4.69) is 24.5 Å². The topological polar surface area (TPSA) is 83.8 Å². The molecule has 2 N–H and O–H groups in total. The lowest BCUT2D eigenvalue weighted by atomic mass is 10.2. The lowest BCUT2D eigenvalue weighted by Crippen LogP contribution is -2.08. The van der Waals surface area contributed by atoms with Crippen molar-refractivity contribution >= 4 is 18.0 Å². The number of rotatable bonds is 5. The van der Waals surface area contributed by atoms with Crippen LogP contribution >= 0.6 is 0 Å². The quantitative estimate of drug-likeness (QED) is 0.645. The first-order chi connectivity index (χ1) is 10.4. The molecule has 0 aliphatic rings. The summed E-state index contributed by atoms with van der Waals surface area (Å²) in [6.45, 7) is 11.4. The van der Waals surface area contributed by atoms with Gasteiger partial charge in [-0.3, -0.25) is 0 Å². The van der Waals surface area contributed by atoms with Gasteiger partial charge in [0, 0.05) is 11.6 Å². The van der Waals surface area contributed by atoms with Gasteiger partial charge in [0.1, 0.15) is 6.61 Å². The Bertz CT molecular complexity index is 477. The highest BCUT2D eigenvalue weighted by Gasteiger charge is 1.99. The van der Waals surface area contributed by atoms with Crippen LogP contribution in [-0.2, 0) is 14.3 Å². The second kappa shape index (κ2) is 14.7. The van der Waals surface area contributed by atoms with Crippen molar-refractivity contribution in [3.05, 3.63) is 67.3 Å². The molecule has 0 saturated heterocycles. The van der Waals surface area contributed by atoms with Crippen LogP contribution in [0.3, 0.4) is 0 Å². The number of aliphatic hydroxyl groups excluding tert-OH is 1. The van der Waals surface area contributed by atoms with Gasteiger partial charge in [-0.25, -0.2) is 9.59 Å². The molecule has 1 rings (SSSR count). The largest absolute Gasteiger partial charge is 0.478 e. The number of hydrogen-bond acceptors (Lipinski definition) is 4. The van der Waals surface area contributed by atoms with Crippen LogP contribution in [0.15, 0.2) is 61.7 Å². The van der Waals surface area contributed by atoms with E-state index in [1.54, 1.807) is 6.92 Å². The average Bonchev–Trinajstić information content (AvgIpc) is 2.54. The fourth-order valence-corrected chi connectivity index (χ4v) is 0.851. The van der Waals surface area contributed by atoms with Crippen LogP contribution in [0, 0.1) is 0 Å². The molecule has 120 valence electrons. The number of ether oxygens (including phenoxy) is 1. The van der Waals surface area contributed by atoms with Gasteiger partial charge in [-0.15, -0.1) is 0 Å². The van der Waals surface area contributed by atoms with E-state index in [9.17, 15) is 9.59 Å². The van der Waals surface area contributed by atoms with Crippen molar-refractivity contribution in [3.8, 4) is 0 Å². The molecule has 0 unspecified atom stereocenters. The third-order valence-electron chi connectivity index (χ3n) is 1.88. The molecule has 5 heteroatoms. The van der Waals surface area contributed by atoms with Crippen LogP contribution in [0.5, 0.6) is 0 Å². The third-order valence-corrected chi connectivity index (χ3v) is 1.88. The zero-order chi connectivity index (χ0) is 17.4. The number of benzene rings is 1. The van der Waals surface area contributed by atoms with E-state index < -0.39 is 11.9 Å². The number of aliphatic hydroxyl groups is 1. The Morgan fingerprint density at radius 2 is 1.73 bits per heavy atom. The molecule has 5 nitrogen and oxygen atoms in total. The molecule has 0 spiro atoms. The van der Waals surface area contributed by atoms with Gasteiger partial charge in [-0.2, -0.15) is 0 Å². The maximum atomic E-state index is 10.5. The molecule has 0 atom stereocenters. The van der Waals surface area contributed by atoms with E-state index in [1.165, 1.54) is 5.56 Å². The predicted molar refractivity (Wildman–Crippen MR) is 87.2 cm³/mol. The second-order valence-corrected chi connectivity index (χ2v) is 3.80. The first-order valence-corrected chi connectivity index (χ1v) is 6.35. The summed E-state index contributed by atoms with van der Waals surface area (Å²) in [6.07, 6.45) is 2.67. The molecule has 0 aliphatic carbocycles. The van der Waals surface area contributed by atoms with Gasteiger partial charge >= 0.3 is 11.9 Å². The Balaban J connectivity index is 0. The number of aliphatic carboxylic acids is 1. The minimum Gasteiger partial charge on any atom is -0.478 e. The highest BCUT2D eigenvalue weighted by atomic mass is 16.5. The molecule has 0 bridgehead atoms. The van der Waals surface area contributed by atoms with E-state index in [0.29, 0.717) is 5.57 Å². The maximum Gasteiger partial charge on any atom is 0.333 e. The third kappa shape index (κ3) is 15.4. The van der Waals surface area contributed by atoms with Crippen molar-refractivity contribution in [2.75, 3.05) is 13.2 Å². The lowest BCUT2D eigenvalue weighted by molar-refractivity contribution is -0.139. The van der Waals surface area contributed by atoms with Gasteiger partial charge in [-0.05, 0) is 12.5 Å². The van der Waals surface area contributed by atoms with Crippen LogP contribution in [0.2, 0.25) is 0 Å². The summed E-state index contributed by atoms with van der Waals surface area (Å²) in [5, 5.41) is 15.8. The van der Waals surface area contributed by atoms with Gasteiger partial charge in [-0.1, -0.05) is 56.1 Å². The number of hydrogen-bond donors (Lipinski definition) is 2. The molecule has 0 amide bonds. The predicted octanol–water partition coefficient (Wildman–Crippen LogP) is 2.68. The van der Waals surface area contributed by atoms with Crippen LogP contribution in [0.25, 0.3) is 6.08 Å². The molecule has 0 fully saturated rings. The molecule has 1 aromatic rings. The van der Waals surface area contributed by atoms with Crippen molar-refractivity contribution in [3.63, 3.8) is 0 Å². The minimum absolute atomic E-state index is 0.0473. The Hall–Kier alpha value is -2.66. The fraction of sp³-hybridized carbons (Fsp3) is 0.176. The zero-order valence-electron chi connectivity index (χ0n) is 12.7. The molecule has 1 aromatic carbocycles. The number of carbonyl (C=O) groups excluding carboxylic acids is 1. The van der Waals surface area contributed by atoms with Gasteiger partial charge in [0.15, 0.2) is 0 Å². The highest BCUT2D eigenvalue weighted by molar-refractivity contribution is 5.86. The molecule has 22 heavy (non-hydrogen) atoms. The summed E-state index contributed by atoms with van der Waals surface area (Å²) >= 11 is 0. The Kier molecular flexibility index (Phi) is 14.5. The second-order valence-electron chi connectivity index (χ2n) is 3.80. The van der Waals surface area contributed by atoms with Crippen LogP contribution in [0.4, 0.5) is 0 Å². The molecule has 0 aliphatic heterocycles. The molecule has 0 saturated carbocycles. The summed E-state index contributed by atoms with van der Waals surface area (Å²) in [6, 6.07) is 10.0. The van der Waals surface area contributed by atoms with Crippen molar-refractivity contribution < 1.29 is 24.5 Å². The number of esters is 1. The molecule has 0 heterocycles.